The van der Waals surface area contributed by atoms with Crippen molar-refractivity contribution in [1.82, 2.24) is 20.4 Å². The van der Waals surface area contributed by atoms with E-state index in [2.05, 4.69) is 15.5 Å². The fraction of sp³-hybridized carbons (Fsp3) is 0.444. The largest absolute Gasteiger partial charge is 0.396 e. The van der Waals surface area contributed by atoms with E-state index >= 15 is 0 Å². The van der Waals surface area contributed by atoms with E-state index < -0.39 is 47.7 Å². The molecule has 154 valence electrons. The highest BCUT2D eigenvalue weighted by Crippen LogP contribution is 2.66. The summed E-state index contributed by atoms with van der Waals surface area (Å²) < 4.78 is 57.7. The number of piperidine rings is 1. The molecule has 29 heavy (non-hydrogen) atoms. The molecule has 0 radical (unpaired) electrons. The van der Waals surface area contributed by atoms with Crippen LogP contribution in [-0.2, 0) is 4.79 Å². The normalized spacial score (nSPS) is 24.2. The van der Waals surface area contributed by atoms with Gasteiger partial charge in [-0.2, -0.15) is 18.2 Å². The molecule has 4 rings (SSSR count). The molecule has 3 unspecified atom stereocenters. The Labute approximate surface area is 162 Å². The predicted molar refractivity (Wildman–Crippen MR) is 89.8 cm³/mol. The molecule has 3 atom stereocenters. The molecule has 1 aliphatic carbocycles. The van der Waals surface area contributed by atoms with Crippen LogP contribution in [0.2, 0.25) is 0 Å². The SMILES string of the molecule is CC(NC(=O)c1noc(-c2cccc(F)c2)n1)C(=O)N1CC2CC2(C(F)(F)F)C1. The molecule has 2 fully saturated rings. The third-order valence-corrected chi connectivity index (χ3v) is 5.44. The molecule has 1 aromatic carbocycles. The van der Waals surface area contributed by atoms with Crippen molar-refractivity contribution < 1.29 is 31.7 Å². The van der Waals surface area contributed by atoms with E-state index in [9.17, 15) is 27.2 Å². The van der Waals surface area contributed by atoms with Crippen molar-refractivity contribution >= 4 is 11.8 Å². The third kappa shape index (κ3) is 3.34. The summed E-state index contributed by atoms with van der Waals surface area (Å²) in [6.45, 7) is 0.995. The van der Waals surface area contributed by atoms with Crippen molar-refractivity contribution in [3.8, 4) is 11.5 Å². The van der Waals surface area contributed by atoms with Gasteiger partial charge in [0.15, 0.2) is 0 Å². The molecule has 2 aliphatic rings. The van der Waals surface area contributed by atoms with Gasteiger partial charge in [0, 0.05) is 18.7 Å². The summed E-state index contributed by atoms with van der Waals surface area (Å²) in [5.74, 6) is -3.00. The van der Waals surface area contributed by atoms with Gasteiger partial charge in [0.2, 0.25) is 5.91 Å². The minimum absolute atomic E-state index is 0.0183. The minimum Gasteiger partial charge on any atom is -0.340 e. The van der Waals surface area contributed by atoms with Crippen molar-refractivity contribution in [3.63, 3.8) is 0 Å². The zero-order valence-electron chi connectivity index (χ0n) is 15.2. The maximum Gasteiger partial charge on any atom is 0.396 e. The van der Waals surface area contributed by atoms with Gasteiger partial charge in [0.1, 0.15) is 11.9 Å². The van der Waals surface area contributed by atoms with Crippen LogP contribution in [0.25, 0.3) is 11.5 Å². The van der Waals surface area contributed by atoms with Crippen molar-refractivity contribution in [1.29, 1.82) is 0 Å². The quantitative estimate of drug-likeness (QED) is 0.780. The average molecular weight is 412 g/mol. The summed E-state index contributed by atoms with van der Waals surface area (Å²) >= 11 is 0. The second-order valence-corrected chi connectivity index (χ2v) is 7.40. The standard InChI is InChI=1S/C18H16F4N4O3/c1-9(16(28)26-7-11-6-17(11,8-26)18(20,21)22)23-14(27)13-24-15(29-25-13)10-3-2-4-12(19)5-10/h2-5,9,11H,6-8H2,1H3,(H,23,27). The van der Waals surface area contributed by atoms with Crippen LogP contribution in [0.4, 0.5) is 17.6 Å². The highest BCUT2D eigenvalue weighted by atomic mass is 19.4. The zero-order valence-corrected chi connectivity index (χ0v) is 15.2. The smallest absolute Gasteiger partial charge is 0.340 e. The lowest BCUT2D eigenvalue weighted by atomic mass is 10.1. The number of fused-ring (bicyclic) bond motifs is 1. The Morgan fingerprint density at radius 1 is 1.38 bits per heavy atom. The first-order valence-corrected chi connectivity index (χ1v) is 8.87. The summed E-state index contributed by atoms with van der Waals surface area (Å²) in [7, 11) is 0. The third-order valence-electron chi connectivity index (χ3n) is 5.44. The fourth-order valence-electron chi connectivity index (χ4n) is 3.74. The van der Waals surface area contributed by atoms with Gasteiger partial charge < -0.3 is 14.7 Å². The van der Waals surface area contributed by atoms with Crippen LogP contribution in [-0.4, -0.2) is 52.2 Å². The summed E-state index contributed by atoms with van der Waals surface area (Å²) in [6, 6.07) is 4.26. The van der Waals surface area contributed by atoms with E-state index in [-0.39, 0.29) is 30.2 Å². The Morgan fingerprint density at radius 3 is 2.79 bits per heavy atom. The number of hydrogen-bond donors (Lipinski definition) is 1. The monoisotopic (exact) mass is 412 g/mol. The molecule has 11 heteroatoms. The first-order valence-electron chi connectivity index (χ1n) is 8.87. The van der Waals surface area contributed by atoms with Gasteiger partial charge in [-0.15, -0.1) is 0 Å². The van der Waals surface area contributed by atoms with Crippen molar-refractivity contribution in [2.75, 3.05) is 13.1 Å². The number of halogens is 4. The van der Waals surface area contributed by atoms with Crippen LogP contribution < -0.4 is 5.32 Å². The van der Waals surface area contributed by atoms with Crippen molar-refractivity contribution in [2.45, 2.75) is 25.6 Å². The van der Waals surface area contributed by atoms with Crippen LogP contribution in [0.5, 0.6) is 0 Å². The van der Waals surface area contributed by atoms with Gasteiger partial charge in [0.25, 0.3) is 17.6 Å². The van der Waals surface area contributed by atoms with Gasteiger partial charge in [-0.05, 0) is 37.5 Å². The minimum atomic E-state index is -4.35. The van der Waals surface area contributed by atoms with E-state index in [0.717, 1.165) is 11.0 Å². The second-order valence-electron chi connectivity index (χ2n) is 7.40. The molecule has 1 saturated heterocycles. The number of rotatable bonds is 4. The number of benzene rings is 1. The van der Waals surface area contributed by atoms with E-state index in [4.69, 9.17) is 4.52 Å². The molecule has 7 nitrogen and oxygen atoms in total. The van der Waals surface area contributed by atoms with Crippen molar-refractivity contribution in [2.24, 2.45) is 11.3 Å². The maximum absolute atomic E-state index is 13.3. The Balaban J connectivity index is 1.38. The summed E-state index contributed by atoms with van der Waals surface area (Å²) in [5.41, 5.74) is -1.53. The molecule has 1 aliphatic heterocycles. The number of carbonyl (C=O) groups excluding carboxylic acids is 2. The number of hydrogen-bond acceptors (Lipinski definition) is 5. The number of carbonyl (C=O) groups is 2. The number of likely N-dealkylation sites (tertiary alicyclic amines) is 1. The fourth-order valence-corrected chi connectivity index (χ4v) is 3.74. The van der Waals surface area contributed by atoms with Gasteiger partial charge in [0.05, 0.1) is 5.41 Å². The Bertz CT molecular complexity index is 976. The van der Waals surface area contributed by atoms with E-state index in [0.29, 0.717) is 0 Å². The highest BCUT2D eigenvalue weighted by Gasteiger charge is 2.74. The Morgan fingerprint density at radius 2 is 2.14 bits per heavy atom. The second kappa shape index (κ2) is 6.53. The number of nitrogens with zero attached hydrogens (tertiary/aromatic N) is 3. The summed E-state index contributed by atoms with van der Waals surface area (Å²) in [6.07, 6.45) is -4.32. The van der Waals surface area contributed by atoms with Crippen molar-refractivity contribution in [3.05, 3.63) is 35.9 Å². The van der Waals surface area contributed by atoms with Crippen LogP contribution in [0.1, 0.15) is 24.0 Å². The number of alkyl halides is 3. The number of nitrogens with one attached hydrogen (secondary N) is 1. The molecule has 1 aromatic heterocycles. The average Bonchev–Trinajstić information content (AvgIpc) is 3.04. The number of amides is 2. The summed E-state index contributed by atoms with van der Waals surface area (Å²) in [4.78, 5) is 29.7. The first-order chi connectivity index (χ1) is 13.6. The van der Waals surface area contributed by atoms with Crippen LogP contribution in [0, 0.1) is 17.2 Å². The Hall–Kier alpha value is -2.98. The topological polar surface area (TPSA) is 88.3 Å². The van der Waals surface area contributed by atoms with Crippen LogP contribution >= 0.6 is 0 Å². The molecule has 2 heterocycles. The number of aromatic nitrogens is 2. The molecular formula is C18H16F4N4O3. The lowest BCUT2D eigenvalue weighted by molar-refractivity contribution is -0.188. The zero-order chi connectivity index (χ0) is 21.0. The van der Waals surface area contributed by atoms with Gasteiger partial charge in [-0.1, -0.05) is 11.2 Å². The van der Waals surface area contributed by atoms with Crippen LogP contribution in [0.3, 0.4) is 0 Å². The predicted octanol–water partition coefficient (Wildman–Crippen LogP) is 2.40. The summed E-state index contributed by atoms with van der Waals surface area (Å²) in [5, 5.41) is 5.86. The highest BCUT2D eigenvalue weighted by molar-refractivity contribution is 5.95. The molecule has 1 N–H and O–H groups in total. The molecule has 0 spiro atoms. The molecule has 2 amide bonds. The molecule has 0 bridgehead atoms. The maximum atomic E-state index is 13.3. The van der Waals surface area contributed by atoms with Gasteiger partial charge >= 0.3 is 6.18 Å². The molecular weight excluding hydrogens is 396 g/mol. The molecule has 1 saturated carbocycles. The molecule has 2 aromatic rings. The Kier molecular flexibility index (Phi) is 4.35. The lowest BCUT2D eigenvalue weighted by Crippen LogP contribution is -2.48. The lowest BCUT2D eigenvalue weighted by Gasteiger charge is -2.25. The van der Waals surface area contributed by atoms with Gasteiger partial charge in [-0.3, -0.25) is 9.59 Å². The van der Waals surface area contributed by atoms with Gasteiger partial charge in [-0.25, -0.2) is 4.39 Å². The van der Waals surface area contributed by atoms with Crippen LogP contribution in [0.15, 0.2) is 28.8 Å². The first kappa shape index (κ1) is 19.3. The van der Waals surface area contributed by atoms with E-state index in [1.165, 1.54) is 25.1 Å². The van der Waals surface area contributed by atoms with E-state index in [1.807, 2.05) is 0 Å². The van der Waals surface area contributed by atoms with E-state index in [1.54, 1.807) is 0 Å².